The smallest absolute Gasteiger partial charge is 0.257 e. The molecule has 1 aliphatic rings. The number of nitrogens with zero attached hydrogens (tertiary/aromatic N) is 5. The zero-order valence-corrected chi connectivity index (χ0v) is 17.3. The van der Waals surface area contributed by atoms with E-state index in [9.17, 15) is 4.79 Å². The van der Waals surface area contributed by atoms with E-state index in [1.54, 1.807) is 10.9 Å². The maximum atomic E-state index is 13.1. The van der Waals surface area contributed by atoms with Crippen LogP contribution >= 0.6 is 0 Å². The molecule has 0 saturated carbocycles. The van der Waals surface area contributed by atoms with Crippen LogP contribution in [0.2, 0.25) is 0 Å². The summed E-state index contributed by atoms with van der Waals surface area (Å²) >= 11 is 0. The van der Waals surface area contributed by atoms with E-state index in [0.29, 0.717) is 18.7 Å². The molecule has 1 aliphatic heterocycles. The highest BCUT2D eigenvalue weighted by atomic mass is 16.2. The van der Waals surface area contributed by atoms with E-state index < -0.39 is 0 Å². The van der Waals surface area contributed by atoms with E-state index in [1.807, 2.05) is 49.3 Å². The van der Waals surface area contributed by atoms with Crippen molar-refractivity contribution in [2.24, 2.45) is 7.05 Å². The van der Waals surface area contributed by atoms with Gasteiger partial charge < -0.3 is 9.30 Å². The van der Waals surface area contributed by atoms with Crippen molar-refractivity contribution in [3.05, 3.63) is 89.6 Å². The van der Waals surface area contributed by atoms with Crippen LogP contribution in [0.5, 0.6) is 0 Å². The monoisotopic (exact) mass is 399 g/mol. The number of benzene rings is 1. The average Bonchev–Trinajstić information content (AvgIpc) is 3.38. The third kappa shape index (κ3) is 2.91. The molecule has 6 nitrogen and oxygen atoms in total. The first-order chi connectivity index (χ1) is 14.6. The van der Waals surface area contributed by atoms with Gasteiger partial charge in [-0.3, -0.25) is 9.48 Å². The minimum atomic E-state index is -0.200. The number of aryl methyl sites for hydroxylation is 1. The van der Waals surface area contributed by atoms with Crippen LogP contribution in [0.3, 0.4) is 0 Å². The van der Waals surface area contributed by atoms with E-state index >= 15 is 0 Å². The van der Waals surface area contributed by atoms with Gasteiger partial charge in [-0.1, -0.05) is 36.4 Å². The lowest BCUT2D eigenvalue weighted by Gasteiger charge is -2.41. The van der Waals surface area contributed by atoms with Crippen LogP contribution in [-0.2, 0) is 12.5 Å². The molecule has 1 amide bonds. The van der Waals surface area contributed by atoms with Gasteiger partial charge >= 0.3 is 0 Å². The SMILES string of the molecule is Cc1c(C(=O)N2CCC(c3ccccc3)(c3cn4ccccc4n3)CC2)cnn1C. The van der Waals surface area contributed by atoms with Crippen molar-refractivity contribution in [3.63, 3.8) is 0 Å². The number of piperidine rings is 1. The lowest BCUT2D eigenvalue weighted by molar-refractivity contribution is 0.0683. The molecule has 0 N–H and O–H groups in total. The molecule has 5 rings (SSSR count). The average molecular weight is 399 g/mol. The molecule has 4 aromatic rings. The number of likely N-dealkylation sites (tertiary alicyclic amines) is 1. The molecule has 4 heterocycles. The number of pyridine rings is 1. The van der Waals surface area contributed by atoms with E-state index in [0.717, 1.165) is 29.9 Å². The molecule has 1 saturated heterocycles. The van der Waals surface area contributed by atoms with Gasteiger partial charge in [-0.25, -0.2) is 4.98 Å². The molecule has 1 aromatic carbocycles. The van der Waals surface area contributed by atoms with Crippen molar-refractivity contribution in [1.82, 2.24) is 24.1 Å². The Kier molecular flexibility index (Phi) is 4.42. The Hall–Kier alpha value is -3.41. The number of rotatable bonds is 3. The van der Waals surface area contributed by atoms with Crippen molar-refractivity contribution >= 4 is 11.6 Å². The van der Waals surface area contributed by atoms with Gasteiger partial charge in [0.1, 0.15) is 5.65 Å². The van der Waals surface area contributed by atoms with Crippen molar-refractivity contribution in [2.45, 2.75) is 25.2 Å². The van der Waals surface area contributed by atoms with Crippen LogP contribution in [0.4, 0.5) is 0 Å². The second kappa shape index (κ2) is 7.13. The van der Waals surface area contributed by atoms with Gasteiger partial charge in [0.25, 0.3) is 5.91 Å². The molecule has 1 fully saturated rings. The van der Waals surface area contributed by atoms with Gasteiger partial charge in [0, 0.05) is 43.6 Å². The number of carbonyl (C=O) groups excluding carboxylic acids is 1. The molecule has 6 heteroatoms. The summed E-state index contributed by atoms with van der Waals surface area (Å²) in [5, 5.41) is 4.24. The first kappa shape index (κ1) is 18.6. The predicted molar refractivity (Wildman–Crippen MR) is 115 cm³/mol. The molecule has 0 radical (unpaired) electrons. The summed E-state index contributed by atoms with van der Waals surface area (Å²) in [7, 11) is 1.87. The van der Waals surface area contributed by atoms with Crippen molar-refractivity contribution in [1.29, 1.82) is 0 Å². The summed E-state index contributed by atoms with van der Waals surface area (Å²) in [5.74, 6) is 0.0669. The van der Waals surface area contributed by atoms with Gasteiger partial charge in [0.2, 0.25) is 0 Å². The van der Waals surface area contributed by atoms with E-state index in [4.69, 9.17) is 4.98 Å². The Bertz CT molecular complexity index is 1170. The molecular formula is C24H25N5O. The Balaban J connectivity index is 1.49. The molecule has 0 spiro atoms. The third-order valence-electron chi connectivity index (χ3n) is 6.55. The van der Waals surface area contributed by atoms with Gasteiger partial charge in [-0.05, 0) is 37.5 Å². The zero-order valence-electron chi connectivity index (χ0n) is 17.3. The summed E-state index contributed by atoms with van der Waals surface area (Å²) in [6.45, 7) is 3.32. The topological polar surface area (TPSA) is 55.4 Å². The number of hydrogen-bond donors (Lipinski definition) is 0. The quantitative estimate of drug-likeness (QED) is 0.529. The normalized spacial score (nSPS) is 16.1. The molecule has 0 unspecified atom stereocenters. The minimum absolute atomic E-state index is 0.0669. The van der Waals surface area contributed by atoms with Crippen molar-refractivity contribution < 1.29 is 4.79 Å². The van der Waals surface area contributed by atoms with Gasteiger partial charge in [0.15, 0.2) is 0 Å². The zero-order chi connectivity index (χ0) is 20.7. The molecule has 30 heavy (non-hydrogen) atoms. The molecule has 0 aliphatic carbocycles. The van der Waals surface area contributed by atoms with Gasteiger partial charge in [-0.2, -0.15) is 5.10 Å². The van der Waals surface area contributed by atoms with Crippen LogP contribution in [0.25, 0.3) is 5.65 Å². The fourth-order valence-electron chi connectivity index (χ4n) is 4.59. The maximum Gasteiger partial charge on any atom is 0.257 e. The Morgan fingerprint density at radius 3 is 2.43 bits per heavy atom. The minimum Gasteiger partial charge on any atom is -0.338 e. The summed E-state index contributed by atoms with van der Waals surface area (Å²) in [5.41, 5.74) is 4.68. The highest BCUT2D eigenvalue weighted by Crippen LogP contribution is 2.41. The lowest BCUT2D eigenvalue weighted by atomic mass is 9.70. The highest BCUT2D eigenvalue weighted by molar-refractivity contribution is 5.95. The van der Waals surface area contributed by atoms with Crippen LogP contribution in [0.1, 0.15) is 40.2 Å². The number of amides is 1. The van der Waals surface area contributed by atoms with Crippen LogP contribution < -0.4 is 0 Å². The van der Waals surface area contributed by atoms with Crippen molar-refractivity contribution in [3.8, 4) is 0 Å². The summed E-state index contributed by atoms with van der Waals surface area (Å²) in [6.07, 6.45) is 7.54. The van der Waals surface area contributed by atoms with Crippen LogP contribution in [0, 0.1) is 6.92 Å². The third-order valence-corrected chi connectivity index (χ3v) is 6.55. The van der Waals surface area contributed by atoms with E-state index in [-0.39, 0.29) is 11.3 Å². The lowest BCUT2D eigenvalue weighted by Crippen LogP contribution is -2.46. The molecule has 3 aromatic heterocycles. The highest BCUT2D eigenvalue weighted by Gasteiger charge is 2.41. The number of fused-ring (bicyclic) bond motifs is 1. The Morgan fingerprint density at radius 2 is 1.77 bits per heavy atom. The molecular weight excluding hydrogens is 374 g/mol. The fourth-order valence-corrected chi connectivity index (χ4v) is 4.59. The maximum absolute atomic E-state index is 13.1. The number of aromatic nitrogens is 4. The van der Waals surface area contributed by atoms with Crippen LogP contribution in [-0.4, -0.2) is 43.1 Å². The molecule has 0 bridgehead atoms. The number of carbonyl (C=O) groups is 1. The molecule has 0 atom stereocenters. The second-order valence-electron chi connectivity index (χ2n) is 8.10. The predicted octanol–water partition coefficient (Wildman–Crippen LogP) is 3.60. The van der Waals surface area contributed by atoms with Crippen molar-refractivity contribution in [2.75, 3.05) is 13.1 Å². The Labute approximate surface area is 175 Å². The Morgan fingerprint density at radius 1 is 1.03 bits per heavy atom. The van der Waals surface area contributed by atoms with E-state index in [1.165, 1.54) is 5.56 Å². The largest absolute Gasteiger partial charge is 0.338 e. The first-order valence-electron chi connectivity index (χ1n) is 10.4. The number of hydrogen-bond acceptors (Lipinski definition) is 3. The summed E-state index contributed by atoms with van der Waals surface area (Å²) in [6, 6.07) is 16.7. The van der Waals surface area contributed by atoms with Crippen LogP contribution in [0.15, 0.2) is 67.1 Å². The standard InChI is InChI=1S/C24H25N5O/c1-18-20(16-25-27(18)2)23(30)28-14-11-24(12-15-28,19-8-4-3-5-9-19)21-17-29-13-7-6-10-22(29)26-21/h3-10,13,16-17H,11-12,14-15H2,1-2H3. The van der Waals surface area contributed by atoms with Gasteiger partial charge in [-0.15, -0.1) is 0 Å². The van der Waals surface area contributed by atoms with Gasteiger partial charge in [0.05, 0.1) is 17.5 Å². The molecule has 152 valence electrons. The summed E-state index contributed by atoms with van der Waals surface area (Å²) in [4.78, 5) is 20.0. The number of imidazole rings is 1. The first-order valence-corrected chi connectivity index (χ1v) is 10.4. The second-order valence-corrected chi connectivity index (χ2v) is 8.10. The van der Waals surface area contributed by atoms with E-state index in [2.05, 4.69) is 40.0 Å². The summed E-state index contributed by atoms with van der Waals surface area (Å²) < 4.78 is 3.83. The fraction of sp³-hybridized carbons (Fsp3) is 0.292.